The topological polar surface area (TPSA) is 67.1 Å². The van der Waals surface area contributed by atoms with Crippen LogP contribution in [-0.4, -0.2) is 23.6 Å². The molecule has 0 unspecified atom stereocenters. The lowest BCUT2D eigenvalue weighted by atomic mass is 10.3. The fraction of sp³-hybridized carbons (Fsp3) is 0.286. The van der Waals surface area contributed by atoms with Crippen molar-refractivity contribution >= 4 is 23.0 Å². The Hall–Kier alpha value is -2.30. The van der Waals surface area contributed by atoms with Gasteiger partial charge in [-0.2, -0.15) is 0 Å². The van der Waals surface area contributed by atoms with Gasteiger partial charge in [0.2, 0.25) is 0 Å². The maximum absolute atomic E-state index is 5.67. The van der Waals surface area contributed by atoms with Crippen LogP contribution in [0, 0.1) is 6.92 Å². The van der Waals surface area contributed by atoms with Crippen LogP contribution >= 0.6 is 0 Å². The van der Waals surface area contributed by atoms with Crippen LogP contribution < -0.4 is 16.0 Å². The van der Waals surface area contributed by atoms with E-state index >= 15 is 0 Å². The van der Waals surface area contributed by atoms with Crippen molar-refractivity contribution in [2.45, 2.75) is 13.8 Å². The summed E-state index contributed by atoms with van der Waals surface area (Å²) in [5.74, 6) is 2.44. The number of hydrogen-bond donors (Lipinski definition) is 2. The third-order valence-electron chi connectivity index (χ3n) is 2.87. The Kier molecular flexibility index (Phi) is 3.85. The van der Waals surface area contributed by atoms with Gasteiger partial charge >= 0.3 is 0 Å². The molecule has 0 aliphatic rings. The second-order valence-electron chi connectivity index (χ2n) is 4.42. The Labute approximate surface area is 113 Å². The van der Waals surface area contributed by atoms with Crippen LogP contribution in [-0.2, 0) is 0 Å². The molecule has 3 N–H and O–H groups in total. The molecule has 0 radical (unpaired) electrons. The third-order valence-corrected chi connectivity index (χ3v) is 2.87. The molecule has 0 amide bonds. The maximum atomic E-state index is 5.67. The number of aromatic nitrogens is 2. The van der Waals surface area contributed by atoms with E-state index in [0.29, 0.717) is 0 Å². The molecule has 5 heteroatoms. The van der Waals surface area contributed by atoms with Crippen molar-refractivity contribution in [1.29, 1.82) is 0 Å². The van der Waals surface area contributed by atoms with Crippen molar-refractivity contribution in [1.82, 2.24) is 9.97 Å². The predicted molar refractivity (Wildman–Crippen MR) is 79.9 cm³/mol. The maximum Gasteiger partial charge on any atom is 0.136 e. The van der Waals surface area contributed by atoms with Gasteiger partial charge in [0, 0.05) is 31.0 Å². The van der Waals surface area contributed by atoms with E-state index in [-0.39, 0.29) is 0 Å². The zero-order valence-electron chi connectivity index (χ0n) is 11.5. The monoisotopic (exact) mass is 257 g/mol. The zero-order chi connectivity index (χ0) is 13.8. The summed E-state index contributed by atoms with van der Waals surface area (Å²) in [4.78, 5) is 10.9. The Morgan fingerprint density at radius 2 is 1.89 bits per heavy atom. The minimum atomic E-state index is 0.746. The van der Waals surface area contributed by atoms with Crippen molar-refractivity contribution < 1.29 is 0 Å². The smallest absolute Gasteiger partial charge is 0.136 e. The molecule has 1 heterocycles. The number of nitrogens with zero attached hydrogens (tertiary/aromatic N) is 3. The van der Waals surface area contributed by atoms with Crippen LogP contribution in [0.1, 0.15) is 12.7 Å². The normalized spacial score (nSPS) is 10.3. The summed E-state index contributed by atoms with van der Waals surface area (Å²) in [6.07, 6.45) is 0. The first-order chi connectivity index (χ1) is 9.08. The van der Waals surface area contributed by atoms with Gasteiger partial charge in [-0.05, 0) is 38.1 Å². The Morgan fingerprint density at radius 1 is 1.21 bits per heavy atom. The fourth-order valence-corrected chi connectivity index (χ4v) is 1.69. The summed E-state index contributed by atoms with van der Waals surface area (Å²) in [6, 6.07) is 9.50. The molecule has 19 heavy (non-hydrogen) atoms. The molecular formula is C14H19N5. The number of nitrogens with one attached hydrogen (secondary N) is 1. The molecular weight excluding hydrogens is 238 g/mol. The second-order valence-corrected chi connectivity index (χ2v) is 4.42. The lowest BCUT2D eigenvalue weighted by Crippen LogP contribution is -2.18. The molecule has 5 nitrogen and oxygen atoms in total. The molecule has 0 atom stereocenters. The first-order valence-corrected chi connectivity index (χ1v) is 6.28. The first-order valence-electron chi connectivity index (χ1n) is 6.28. The van der Waals surface area contributed by atoms with E-state index in [1.807, 2.05) is 44.3 Å². The van der Waals surface area contributed by atoms with Crippen molar-refractivity contribution in [3.8, 4) is 0 Å². The summed E-state index contributed by atoms with van der Waals surface area (Å²) >= 11 is 0. The molecule has 1 aromatic heterocycles. The van der Waals surface area contributed by atoms with Gasteiger partial charge in [-0.25, -0.2) is 9.97 Å². The van der Waals surface area contributed by atoms with Gasteiger partial charge in [0.25, 0.3) is 0 Å². The van der Waals surface area contributed by atoms with Crippen LogP contribution in [0.2, 0.25) is 0 Å². The molecule has 0 saturated heterocycles. The molecule has 1 aromatic carbocycles. The molecule has 2 rings (SSSR count). The lowest BCUT2D eigenvalue weighted by molar-refractivity contribution is 0.914. The highest BCUT2D eigenvalue weighted by Crippen LogP contribution is 2.19. The van der Waals surface area contributed by atoms with Gasteiger partial charge < -0.3 is 16.0 Å². The van der Waals surface area contributed by atoms with Crippen molar-refractivity contribution in [3.05, 3.63) is 36.2 Å². The van der Waals surface area contributed by atoms with Gasteiger partial charge in [0.05, 0.1) is 0 Å². The number of anilines is 4. The summed E-state index contributed by atoms with van der Waals surface area (Å²) in [5, 5.41) is 3.26. The van der Waals surface area contributed by atoms with Gasteiger partial charge in [0.1, 0.15) is 17.5 Å². The zero-order valence-corrected chi connectivity index (χ0v) is 11.5. The molecule has 0 spiro atoms. The average Bonchev–Trinajstić information content (AvgIpc) is 2.40. The van der Waals surface area contributed by atoms with Crippen LogP contribution in [0.15, 0.2) is 30.3 Å². The van der Waals surface area contributed by atoms with E-state index in [0.717, 1.165) is 35.4 Å². The van der Waals surface area contributed by atoms with Gasteiger partial charge in [0.15, 0.2) is 0 Å². The number of benzene rings is 1. The molecule has 0 aliphatic carbocycles. The summed E-state index contributed by atoms with van der Waals surface area (Å²) in [6.45, 7) is 4.88. The van der Waals surface area contributed by atoms with Crippen LogP contribution in [0.5, 0.6) is 0 Å². The minimum Gasteiger partial charge on any atom is -0.399 e. The van der Waals surface area contributed by atoms with Crippen molar-refractivity contribution in [3.63, 3.8) is 0 Å². The highest BCUT2D eigenvalue weighted by molar-refractivity contribution is 5.61. The number of aryl methyl sites for hydroxylation is 1. The van der Waals surface area contributed by atoms with E-state index in [1.165, 1.54) is 0 Å². The minimum absolute atomic E-state index is 0.746. The highest BCUT2D eigenvalue weighted by atomic mass is 15.2. The van der Waals surface area contributed by atoms with Crippen molar-refractivity contribution in [2.75, 3.05) is 29.5 Å². The average molecular weight is 257 g/mol. The van der Waals surface area contributed by atoms with Crippen LogP contribution in [0.3, 0.4) is 0 Å². The summed E-state index contributed by atoms with van der Waals surface area (Å²) in [7, 11) is 2.01. The standard InChI is InChI=1S/C14H19N5/c1-4-19(3)14-9-13(16-10(2)17-14)18-12-7-5-11(15)6-8-12/h5-9H,4,15H2,1-3H3,(H,16,17,18). The Morgan fingerprint density at radius 3 is 2.53 bits per heavy atom. The highest BCUT2D eigenvalue weighted by Gasteiger charge is 2.05. The van der Waals surface area contributed by atoms with Gasteiger partial charge in [-0.1, -0.05) is 0 Å². The Balaban J connectivity index is 2.24. The number of nitrogens with two attached hydrogens (primary N) is 1. The van der Waals surface area contributed by atoms with Crippen molar-refractivity contribution in [2.24, 2.45) is 0 Å². The largest absolute Gasteiger partial charge is 0.399 e. The second kappa shape index (κ2) is 5.56. The number of rotatable bonds is 4. The summed E-state index contributed by atoms with van der Waals surface area (Å²) < 4.78 is 0. The SMILES string of the molecule is CCN(C)c1cc(Nc2ccc(N)cc2)nc(C)n1. The van der Waals surface area contributed by atoms with E-state index < -0.39 is 0 Å². The molecule has 0 fully saturated rings. The van der Waals surface area contributed by atoms with E-state index in [2.05, 4.69) is 27.1 Å². The molecule has 0 aliphatic heterocycles. The third kappa shape index (κ3) is 3.34. The molecule has 2 aromatic rings. The molecule has 0 bridgehead atoms. The van der Waals surface area contributed by atoms with E-state index in [9.17, 15) is 0 Å². The van der Waals surface area contributed by atoms with Gasteiger partial charge in [-0.3, -0.25) is 0 Å². The number of hydrogen-bond acceptors (Lipinski definition) is 5. The van der Waals surface area contributed by atoms with Gasteiger partial charge in [-0.15, -0.1) is 0 Å². The predicted octanol–water partition coefficient (Wildman–Crippen LogP) is 2.57. The van der Waals surface area contributed by atoms with Crippen LogP contribution in [0.4, 0.5) is 23.0 Å². The summed E-state index contributed by atoms with van der Waals surface area (Å²) in [5.41, 5.74) is 7.37. The van der Waals surface area contributed by atoms with E-state index in [4.69, 9.17) is 5.73 Å². The Bertz CT molecular complexity index is 550. The lowest BCUT2D eigenvalue weighted by Gasteiger charge is -2.17. The van der Waals surface area contributed by atoms with Crippen LogP contribution in [0.25, 0.3) is 0 Å². The molecule has 0 saturated carbocycles. The fourth-order valence-electron chi connectivity index (χ4n) is 1.69. The molecule has 100 valence electrons. The first kappa shape index (κ1) is 13.1. The quantitative estimate of drug-likeness (QED) is 0.824. The van der Waals surface area contributed by atoms with E-state index in [1.54, 1.807) is 0 Å². The number of nitrogen functional groups attached to an aromatic ring is 1.